The number of nitrogens with zero attached hydrogens (tertiary/aromatic N) is 3. The molecular weight excluding hydrogens is 505 g/mol. The molecule has 1 amide bonds. The average molecular weight is 527 g/mol. The lowest BCUT2D eigenvalue weighted by Gasteiger charge is -2.27. The van der Waals surface area contributed by atoms with Gasteiger partial charge in [-0.2, -0.15) is 0 Å². The molecule has 4 aromatic rings. The van der Waals surface area contributed by atoms with Crippen molar-refractivity contribution in [2.45, 2.75) is 19.5 Å². The predicted molar refractivity (Wildman–Crippen MR) is 138 cm³/mol. The normalized spacial score (nSPS) is 13.9. The van der Waals surface area contributed by atoms with Crippen LogP contribution in [0.2, 0.25) is 10.2 Å². The SMILES string of the molecule is O=C(NCc1ccnc(Cl)c1)n1c2c(c3cc(Cl)ccc31)CN(CC=Cc1ccc(F)c(F)c1)CC2. The van der Waals surface area contributed by atoms with Crippen molar-refractivity contribution >= 4 is 46.2 Å². The maximum Gasteiger partial charge on any atom is 0.326 e. The Morgan fingerprint density at radius 3 is 2.75 bits per heavy atom. The van der Waals surface area contributed by atoms with E-state index in [1.807, 2.05) is 18.2 Å². The van der Waals surface area contributed by atoms with E-state index in [0.29, 0.717) is 41.8 Å². The van der Waals surface area contributed by atoms with E-state index < -0.39 is 11.6 Å². The first-order chi connectivity index (χ1) is 17.4. The number of rotatable bonds is 5. The first kappa shape index (κ1) is 24.4. The molecule has 0 radical (unpaired) electrons. The fraction of sp³-hybridized carbons (Fsp3) is 0.185. The Morgan fingerprint density at radius 2 is 1.94 bits per heavy atom. The van der Waals surface area contributed by atoms with Crippen LogP contribution in [-0.2, 0) is 19.5 Å². The largest absolute Gasteiger partial charge is 0.333 e. The highest BCUT2D eigenvalue weighted by atomic mass is 35.5. The molecule has 0 aliphatic carbocycles. The van der Waals surface area contributed by atoms with Crippen molar-refractivity contribution in [1.82, 2.24) is 19.8 Å². The highest BCUT2D eigenvalue weighted by Gasteiger charge is 2.26. The van der Waals surface area contributed by atoms with Gasteiger partial charge in [-0.3, -0.25) is 9.47 Å². The molecule has 0 fully saturated rings. The van der Waals surface area contributed by atoms with Crippen LogP contribution in [0.1, 0.15) is 22.4 Å². The molecular formula is C27H22Cl2F2N4O. The van der Waals surface area contributed by atoms with Crippen LogP contribution in [0.15, 0.2) is 60.8 Å². The molecule has 0 saturated carbocycles. The highest BCUT2D eigenvalue weighted by molar-refractivity contribution is 6.31. The van der Waals surface area contributed by atoms with E-state index in [1.54, 1.807) is 35.0 Å². The smallest absolute Gasteiger partial charge is 0.326 e. The van der Waals surface area contributed by atoms with Crippen LogP contribution in [0.4, 0.5) is 13.6 Å². The molecule has 0 spiro atoms. The number of aromatic nitrogens is 2. The second-order valence-electron chi connectivity index (χ2n) is 8.63. The van der Waals surface area contributed by atoms with Crippen molar-refractivity contribution in [1.29, 1.82) is 0 Å². The summed E-state index contributed by atoms with van der Waals surface area (Å²) in [5.41, 5.74) is 4.27. The van der Waals surface area contributed by atoms with Crippen molar-refractivity contribution in [3.05, 3.63) is 105 Å². The van der Waals surface area contributed by atoms with Crippen LogP contribution < -0.4 is 5.32 Å². The number of nitrogens with one attached hydrogen (secondary N) is 1. The standard InChI is InChI=1S/C27H22Cl2F2N4O/c28-19-4-6-24-20(14-19)21-16-34(10-1-2-17-3-5-22(30)23(31)12-17)11-8-25(21)35(24)27(36)33-15-18-7-9-32-26(29)13-18/h1-7,9,12-14H,8,10-11,15-16H2,(H,33,36). The number of pyridine rings is 1. The monoisotopic (exact) mass is 526 g/mol. The summed E-state index contributed by atoms with van der Waals surface area (Å²) in [6.07, 6.45) is 5.98. The summed E-state index contributed by atoms with van der Waals surface area (Å²) >= 11 is 12.3. The summed E-state index contributed by atoms with van der Waals surface area (Å²) in [6.45, 7) is 2.33. The predicted octanol–water partition coefficient (Wildman–Crippen LogP) is 6.45. The molecule has 2 aromatic carbocycles. The van der Waals surface area contributed by atoms with E-state index in [-0.39, 0.29) is 6.03 Å². The molecule has 0 unspecified atom stereocenters. The summed E-state index contributed by atoms with van der Waals surface area (Å²) in [5, 5.41) is 4.89. The molecule has 9 heteroatoms. The van der Waals surface area contributed by atoms with Crippen molar-refractivity contribution < 1.29 is 13.6 Å². The Hall–Kier alpha value is -3.26. The van der Waals surface area contributed by atoms with E-state index in [1.165, 1.54) is 12.1 Å². The van der Waals surface area contributed by atoms with Crippen molar-refractivity contribution in [2.24, 2.45) is 0 Å². The number of carbonyl (C=O) groups is 1. The van der Waals surface area contributed by atoms with Gasteiger partial charge in [-0.1, -0.05) is 41.4 Å². The van der Waals surface area contributed by atoms with Gasteiger partial charge in [-0.15, -0.1) is 0 Å². The zero-order valence-corrected chi connectivity index (χ0v) is 20.7. The summed E-state index contributed by atoms with van der Waals surface area (Å²) in [6, 6.07) is 12.7. The molecule has 0 atom stereocenters. The number of hydrogen-bond acceptors (Lipinski definition) is 3. The fourth-order valence-electron chi connectivity index (χ4n) is 4.54. The second kappa shape index (κ2) is 10.4. The van der Waals surface area contributed by atoms with Crippen molar-refractivity contribution in [2.75, 3.05) is 13.1 Å². The van der Waals surface area contributed by atoms with E-state index >= 15 is 0 Å². The van der Waals surface area contributed by atoms with Crippen LogP contribution in [0.25, 0.3) is 17.0 Å². The van der Waals surface area contributed by atoms with Gasteiger partial charge >= 0.3 is 6.03 Å². The topological polar surface area (TPSA) is 50.2 Å². The van der Waals surface area contributed by atoms with Gasteiger partial charge in [-0.05, 0) is 59.2 Å². The lowest BCUT2D eigenvalue weighted by atomic mass is 10.0. The fourth-order valence-corrected chi connectivity index (χ4v) is 4.91. The maximum absolute atomic E-state index is 13.5. The van der Waals surface area contributed by atoms with E-state index in [2.05, 4.69) is 15.2 Å². The Morgan fingerprint density at radius 1 is 1.08 bits per heavy atom. The molecule has 0 saturated heterocycles. The quantitative estimate of drug-likeness (QED) is 0.304. The molecule has 2 aromatic heterocycles. The minimum absolute atomic E-state index is 0.219. The Balaban J connectivity index is 1.36. The molecule has 5 nitrogen and oxygen atoms in total. The third-order valence-corrected chi connectivity index (χ3v) is 6.69. The minimum Gasteiger partial charge on any atom is -0.333 e. The lowest BCUT2D eigenvalue weighted by Crippen LogP contribution is -2.34. The molecule has 0 bridgehead atoms. The van der Waals surface area contributed by atoms with Crippen LogP contribution >= 0.6 is 23.2 Å². The second-order valence-corrected chi connectivity index (χ2v) is 9.45. The van der Waals surface area contributed by atoms with Crippen LogP contribution in [0, 0.1) is 11.6 Å². The molecule has 184 valence electrons. The van der Waals surface area contributed by atoms with Crippen LogP contribution in [-0.4, -0.2) is 33.6 Å². The number of hydrogen-bond donors (Lipinski definition) is 1. The van der Waals surface area contributed by atoms with Crippen LogP contribution in [0.3, 0.4) is 0 Å². The molecule has 3 heterocycles. The minimum atomic E-state index is -0.866. The average Bonchev–Trinajstić information content (AvgIpc) is 3.18. The van der Waals surface area contributed by atoms with Gasteiger partial charge in [0, 0.05) is 54.9 Å². The van der Waals surface area contributed by atoms with Gasteiger partial charge in [0.15, 0.2) is 11.6 Å². The Labute approximate surface area is 216 Å². The molecule has 1 aliphatic heterocycles. The molecule has 5 rings (SSSR count). The third kappa shape index (κ3) is 5.14. The summed E-state index contributed by atoms with van der Waals surface area (Å²) in [5.74, 6) is -1.73. The zero-order valence-electron chi connectivity index (χ0n) is 19.1. The molecule has 36 heavy (non-hydrogen) atoms. The van der Waals surface area contributed by atoms with Crippen molar-refractivity contribution in [3.63, 3.8) is 0 Å². The number of amides is 1. The van der Waals surface area contributed by atoms with Gasteiger partial charge in [0.2, 0.25) is 0 Å². The van der Waals surface area contributed by atoms with Gasteiger partial charge < -0.3 is 5.32 Å². The van der Waals surface area contributed by atoms with E-state index in [0.717, 1.165) is 40.3 Å². The Kier molecular flexibility index (Phi) is 7.05. The first-order valence-corrected chi connectivity index (χ1v) is 12.2. The zero-order chi connectivity index (χ0) is 25.2. The van der Waals surface area contributed by atoms with Gasteiger partial charge in [-0.25, -0.2) is 18.6 Å². The van der Waals surface area contributed by atoms with Crippen LogP contribution in [0.5, 0.6) is 0 Å². The van der Waals surface area contributed by atoms with Gasteiger partial charge in [0.25, 0.3) is 0 Å². The number of carbonyl (C=O) groups excluding carboxylic acids is 1. The van der Waals surface area contributed by atoms with Crippen molar-refractivity contribution in [3.8, 4) is 0 Å². The van der Waals surface area contributed by atoms with E-state index in [4.69, 9.17) is 23.2 Å². The Bertz CT molecular complexity index is 1480. The maximum atomic E-state index is 13.5. The number of halogens is 4. The highest BCUT2D eigenvalue weighted by Crippen LogP contribution is 2.32. The van der Waals surface area contributed by atoms with E-state index in [9.17, 15) is 13.6 Å². The summed E-state index contributed by atoms with van der Waals surface area (Å²) in [4.78, 5) is 19.5. The molecule has 1 N–H and O–H groups in total. The van der Waals surface area contributed by atoms with Gasteiger partial charge in [0.05, 0.1) is 5.52 Å². The lowest BCUT2D eigenvalue weighted by molar-refractivity contribution is 0.240. The summed E-state index contributed by atoms with van der Waals surface area (Å²) in [7, 11) is 0. The molecule has 1 aliphatic rings. The number of benzene rings is 2. The number of fused-ring (bicyclic) bond motifs is 3. The first-order valence-electron chi connectivity index (χ1n) is 11.4. The van der Waals surface area contributed by atoms with Gasteiger partial charge in [0.1, 0.15) is 5.15 Å². The summed E-state index contributed by atoms with van der Waals surface area (Å²) < 4.78 is 28.4. The third-order valence-electron chi connectivity index (χ3n) is 6.24.